The lowest BCUT2D eigenvalue weighted by atomic mass is 9.33. The van der Waals surface area contributed by atoms with Gasteiger partial charge < -0.3 is 9.80 Å². The van der Waals surface area contributed by atoms with E-state index in [1.54, 1.807) is 0 Å². The third-order valence-corrected chi connectivity index (χ3v) is 17.0. The quantitative estimate of drug-likeness (QED) is 0.140. The average Bonchev–Trinajstić information content (AvgIpc) is 3.42. The lowest BCUT2D eigenvalue weighted by Gasteiger charge is -2.45. The minimum Gasteiger partial charge on any atom is -0.311 e. The summed E-state index contributed by atoms with van der Waals surface area (Å²) in [6.07, 6.45) is 0. The van der Waals surface area contributed by atoms with Crippen molar-refractivity contribution < 1.29 is 0 Å². The van der Waals surface area contributed by atoms with Crippen LogP contribution in [-0.2, 0) is 0 Å². The van der Waals surface area contributed by atoms with Crippen molar-refractivity contribution in [2.75, 3.05) is 9.80 Å². The molecule has 0 spiro atoms. The number of rotatable bonds is 8. The van der Waals surface area contributed by atoms with Crippen molar-refractivity contribution in [1.29, 1.82) is 0 Å². The van der Waals surface area contributed by atoms with Crippen LogP contribution in [0.15, 0.2) is 273 Å². The van der Waals surface area contributed by atoms with Gasteiger partial charge in [-0.1, -0.05) is 235 Å². The molecule has 0 radical (unpaired) electrons. The van der Waals surface area contributed by atoms with Crippen LogP contribution >= 0.6 is 0 Å². The van der Waals surface area contributed by atoms with Gasteiger partial charge in [0.15, 0.2) is 0 Å². The highest BCUT2D eigenvalue weighted by atomic mass is 15.2. The van der Waals surface area contributed by atoms with E-state index in [4.69, 9.17) is 0 Å². The maximum absolute atomic E-state index is 2.61. The number of nitrogens with zero attached hydrogens (tertiary/aromatic N) is 2. The van der Waals surface area contributed by atoms with E-state index in [1.807, 2.05) is 0 Å². The minimum atomic E-state index is -0.107. The van der Waals surface area contributed by atoms with Crippen LogP contribution in [0, 0.1) is 27.7 Å². The highest BCUT2D eigenvalue weighted by Gasteiger charge is 2.44. The molecule has 0 saturated carbocycles. The predicted molar refractivity (Wildman–Crippen MR) is 347 cm³/mol. The van der Waals surface area contributed by atoms with Crippen LogP contribution in [0.2, 0.25) is 0 Å². The zero-order chi connectivity index (χ0) is 54.3. The molecule has 81 heavy (non-hydrogen) atoms. The van der Waals surface area contributed by atoms with Crippen LogP contribution < -0.4 is 26.2 Å². The van der Waals surface area contributed by atoms with Crippen molar-refractivity contribution >= 4 is 78.8 Å². The second-order valence-corrected chi connectivity index (χ2v) is 22.5. The molecule has 13 aromatic rings. The van der Waals surface area contributed by atoms with E-state index in [0.717, 1.165) is 33.9 Å². The van der Waals surface area contributed by atoms with Gasteiger partial charge in [0.05, 0.1) is 0 Å². The number of anilines is 6. The monoisotopic (exact) mass is 1030 g/mol. The summed E-state index contributed by atoms with van der Waals surface area (Å²) in [7, 11) is 0. The zero-order valence-electron chi connectivity index (χ0n) is 46.0. The molecule has 0 amide bonds. The van der Waals surface area contributed by atoms with E-state index in [0.29, 0.717) is 0 Å². The molecule has 0 saturated heterocycles. The minimum absolute atomic E-state index is 0.107. The van der Waals surface area contributed by atoms with E-state index in [-0.39, 0.29) is 6.71 Å². The summed E-state index contributed by atoms with van der Waals surface area (Å²) in [6.45, 7) is 8.56. The molecule has 2 aliphatic heterocycles. The molecule has 13 aromatic carbocycles. The summed E-state index contributed by atoms with van der Waals surface area (Å²) < 4.78 is 0. The maximum Gasteiger partial charge on any atom is 0.252 e. The van der Waals surface area contributed by atoms with Crippen LogP contribution in [0.3, 0.4) is 0 Å². The standard InChI is InChI=1S/C78H57BN2/c1-50-18-26-56(27-19-50)65-38-66(57-28-20-51(2)21-29-57)41-70(40-65)80-74-46-63-16-10-8-14-61(63)44-72(74)79-73-45-62-15-9-11-17-64(62)47-75(73)81(71-42-67(58-30-22-52(3)23-31-58)39-68(43-71)59-32-24-53(4)25-33-59)77-49-69(48-76(80)78(77)79)60-36-34-55(35-37-60)54-12-6-5-7-13-54/h5-49H,1-4H3. The molecule has 3 heteroatoms. The number of hydrogen-bond acceptors (Lipinski definition) is 2. The molecular formula is C78H57BN2. The lowest BCUT2D eigenvalue weighted by Crippen LogP contribution is -2.61. The lowest BCUT2D eigenvalue weighted by molar-refractivity contribution is 1.26. The van der Waals surface area contributed by atoms with Gasteiger partial charge in [0, 0.05) is 34.1 Å². The van der Waals surface area contributed by atoms with Gasteiger partial charge in [0.1, 0.15) is 0 Å². The molecule has 2 heterocycles. The predicted octanol–water partition coefficient (Wildman–Crippen LogP) is 19.3. The van der Waals surface area contributed by atoms with Crippen molar-refractivity contribution in [2.24, 2.45) is 0 Å². The van der Waals surface area contributed by atoms with Crippen molar-refractivity contribution in [3.63, 3.8) is 0 Å². The van der Waals surface area contributed by atoms with E-state index in [2.05, 4.69) is 310 Å². The topological polar surface area (TPSA) is 6.48 Å². The first kappa shape index (κ1) is 48.2. The average molecular weight is 1030 g/mol. The normalized spacial score (nSPS) is 12.4. The van der Waals surface area contributed by atoms with Gasteiger partial charge in [0.2, 0.25) is 0 Å². The van der Waals surface area contributed by atoms with Gasteiger partial charge in [-0.2, -0.15) is 0 Å². The fourth-order valence-corrected chi connectivity index (χ4v) is 12.7. The third-order valence-electron chi connectivity index (χ3n) is 17.0. The Morgan fingerprint density at radius 2 is 0.494 bits per heavy atom. The van der Waals surface area contributed by atoms with Gasteiger partial charge in [-0.15, -0.1) is 0 Å². The Labute approximate surface area is 475 Å². The van der Waals surface area contributed by atoms with Crippen LogP contribution in [0.4, 0.5) is 34.1 Å². The summed E-state index contributed by atoms with van der Waals surface area (Å²) >= 11 is 0. The Morgan fingerprint density at radius 3 is 0.840 bits per heavy atom. The molecule has 15 rings (SSSR count). The highest BCUT2D eigenvalue weighted by Crippen LogP contribution is 2.50. The molecular weight excluding hydrogens is 976 g/mol. The Bertz CT molecular complexity index is 4200. The van der Waals surface area contributed by atoms with Crippen LogP contribution in [0.25, 0.3) is 88.3 Å². The highest BCUT2D eigenvalue weighted by molar-refractivity contribution is 7.00. The van der Waals surface area contributed by atoms with Crippen molar-refractivity contribution in [2.45, 2.75) is 27.7 Å². The molecule has 0 N–H and O–H groups in total. The smallest absolute Gasteiger partial charge is 0.252 e. The number of benzene rings is 13. The molecule has 0 atom stereocenters. The summed E-state index contributed by atoms with van der Waals surface area (Å²) in [6, 6.07) is 103. The van der Waals surface area contributed by atoms with E-state index in [1.165, 1.54) is 127 Å². The summed E-state index contributed by atoms with van der Waals surface area (Å²) in [5.41, 5.74) is 29.8. The molecule has 382 valence electrons. The molecule has 0 unspecified atom stereocenters. The van der Waals surface area contributed by atoms with Crippen LogP contribution in [-0.4, -0.2) is 6.71 Å². The van der Waals surface area contributed by atoms with Crippen molar-refractivity contribution in [1.82, 2.24) is 0 Å². The Hall–Kier alpha value is -9.96. The molecule has 2 nitrogen and oxygen atoms in total. The summed E-state index contributed by atoms with van der Waals surface area (Å²) in [5, 5.41) is 4.87. The Morgan fingerprint density at radius 1 is 0.222 bits per heavy atom. The van der Waals surface area contributed by atoms with E-state index >= 15 is 0 Å². The van der Waals surface area contributed by atoms with Gasteiger partial charge in [-0.05, 0) is 193 Å². The second kappa shape index (κ2) is 19.4. The second-order valence-electron chi connectivity index (χ2n) is 22.5. The van der Waals surface area contributed by atoms with Gasteiger partial charge in [-0.3, -0.25) is 0 Å². The van der Waals surface area contributed by atoms with E-state index < -0.39 is 0 Å². The maximum atomic E-state index is 2.61. The van der Waals surface area contributed by atoms with Gasteiger partial charge in [0.25, 0.3) is 6.71 Å². The first-order valence-electron chi connectivity index (χ1n) is 28.3. The van der Waals surface area contributed by atoms with E-state index in [9.17, 15) is 0 Å². The zero-order valence-corrected chi connectivity index (χ0v) is 46.0. The first-order chi connectivity index (χ1) is 39.7. The van der Waals surface area contributed by atoms with Crippen molar-refractivity contribution in [3.05, 3.63) is 295 Å². The van der Waals surface area contributed by atoms with Gasteiger partial charge in [-0.25, -0.2) is 0 Å². The fourth-order valence-electron chi connectivity index (χ4n) is 12.7. The summed E-state index contributed by atoms with van der Waals surface area (Å²) in [4.78, 5) is 5.22. The number of hydrogen-bond donors (Lipinski definition) is 0. The van der Waals surface area contributed by atoms with Gasteiger partial charge >= 0.3 is 0 Å². The van der Waals surface area contributed by atoms with Crippen molar-refractivity contribution in [3.8, 4) is 66.8 Å². The molecule has 0 bridgehead atoms. The number of aryl methyl sites for hydroxylation is 4. The summed E-state index contributed by atoms with van der Waals surface area (Å²) in [5.74, 6) is 0. The molecule has 0 fully saturated rings. The third kappa shape index (κ3) is 8.61. The Balaban J connectivity index is 1.07. The fraction of sp³-hybridized carbons (Fsp3) is 0.0513. The van der Waals surface area contributed by atoms with Crippen LogP contribution in [0.5, 0.6) is 0 Å². The molecule has 0 aliphatic carbocycles. The SMILES string of the molecule is Cc1ccc(-c2cc(-c3ccc(C)cc3)cc(N3c4cc5ccccc5cc4B4c5cc6ccccc6cc5N(c5cc(-c6ccc(C)cc6)cc(-c6ccc(C)cc6)c5)c5cc(-c6ccc(-c7ccccc7)cc6)cc3c54)c2)cc1. The van der Waals surface area contributed by atoms with Crippen LogP contribution in [0.1, 0.15) is 22.3 Å². The molecule has 0 aromatic heterocycles. The molecule has 2 aliphatic rings. The Kier molecular flexibility index (Phi) is 11.6. The first-order valence-corrected chi connectivity index (χ1v) is 28.3. The number of fused-ring (bicyclic) bond motifs is 6. The largest absolute Gasteiger partial charge is 0.311 e.